The van der Waals surface area contributed by atoms with E-state index in [-0.39, 0.29) is 5.57 Å². The lowest BCUT2D eigenvalue weighted by Gasteiger charge is -2.10. The number of carbonyl (C=O) groups is 1. The maximum atomic E-state index is 11.0. The summed E-state index contributed by atoms with van der Waals surface area (Å²) in [6, 6.07) is 15.6. The number of halogens is 1. The van der Waals surface area contributed by atoms with Gasteiger partial charge < -0.3 is 9.84 Å². The molecule has 3 nitrogen and oxygen atoms in total. The SMILES string of the molecule is CC(=Cc1ccc(I)cc1OCc1ccccc1)C(=O)O. The summed E-state index contributed by atoms with van der Waals surface area (Å²) in [5.74, 6) is -0.242. The maximum Gasteiger partial charge on any atom is 0.331 e. The van der Waals surface area contributed by atoms with Crippen LogP contribution in [0.25, 0.3) is 6.08 Å². The zero-order chi connectivity index (χ0) is 15.2. The quantitative estimate of drug-likeness (QED) is 0.606. The van der Waals surface area contributed by atoms with Crippen LogP contribution < -0.4 is 4.74 Å². The van der Waals surface area contributed by atoms with Crippen molar-refractivity contribution >= 4 is 34.6 Å². The van der Waals surface area contributed by atoms with Gasteiger partial charge in [-0.2, -0.15) is 0 Å². The van der Waals surface area contributed by atoms with Crippen molar-refractivity contribution in [2.45, 2.75) is 13.5 Å². The Bertz CT molecular complexity index is 663. The van der Waals surface area contributed by atoms with Gasteiger partial charge >= 0.3 is 5.97 Å². The standard InChI is InChI=1S/C17H15IO3/c1-12(17(19)20)9-14-7-8-15(18)10-16(14)21-11-13-5-3-2-4-6-13/h2-10H,11H2,1H3,(H,19,20). The molecule has 0 aromatic heterocycles. The van der Waals surface area contributed by atoms with Crippen LogP contribution in [0.15, 0.2) is 54.1 Å². The summed E-state index contributed by atoms with van der Waals surface area (Å²) in [4.78, 5) is 11.0. The van der Waals surface area contributed by atoms with E-state index in [4.69, 9.17) is 9.84 Å². The summed E-state index contributed by atoms with van der Waals surface area (Å²) in [5, 5.41) is 8.99. The summed E-state index contributed by atoms with van der Waals surface area (Å²) in [6.07, 6.45) is 1.62. The lowest BCUT2D eigenvalue weighted by molar-refractivity contribution is -0.132. The topological polar surface area (TPSA) is 46.5 Å². The Labute approximate surface area is 137 Å². The van der Waals surface area contributed by atoms with Gasteiger partial charge in [-0.1, -0.05) is 36.4 Å². The predicted octanol–water partition coefficient (Wildman–Crippen LogP) is 4.36. The van der Waals surface area contributed by atoms with Crippen LogP contribution in [-0.4, -0.2) is 11.1 Å². The first kappa shape index (κ1) is 15.6. The van der Waals surface area contributed by atoms with Crippen molar-refractivity contribution in [3.63, 3.8) is 0 Å². The number of ether oxygens (including phenoxy) is 1. The van der Waals surface area contributed by atoms with Gasteiger partial charge in [0.15, 0.2) is 0 Å². The minimum Gasteiger partial charge on any atom is -0.488 e. The molecular formula is C17H15IO3. The number of hydrogen-bond donors (Lipinski definition) is 1. The predicted molar refractivity (Wildman–Crippen MR) is 91.2 cm³/mol. The number of hydrogen-bond acceptors (Lipinski definition) is 2. The molecule has 0 aliphatic carbocycles. The molecule has 0 saturated heterocycles. The third kappa shape index (κ3) is 4.60. The molecule has 0 bridgehead atoms. The molecule has 0 amide bonds. The second-order valence-corrected chi connectivity index (χ2v) is 5.83. The molecule has 4 heteroatoms. The van der Waals surface area contributed by atoms with E-state index >= 15 is 0 Å². The lowest BCUT2D eigenvalue weighted by atomic mass is 10.1. The zero-order valence-electron chi connectivity index (χ0n) is 11.5. The number of carboxylic acids is 1. The molecule has 108 valence electrons. The number of carboxylic acid groups (broad SMARTS) is 1. The van der Waals surface area contributed by atoms with Gasteiger partial charge in [0, 0.05) is 14.7 Å². The van der Waals surface area contributed by atoms with Crippen molar-refractivity contribution in [3.05, 3.63) is 68.8 Å². The van der Waals surface area contributed by atoms with E-state index in [1.54, 1.807) is 13.0 Å². The molecule has 0 heterocycles. The highest BCUT2D eigenvalue weighted by Gasteiger charge is 2.06. The molecule has 1 N–H and O–H groups in total. The summed E-state index contributed by atoms with van der Waals surface area (Å²) >= 11 is 2.21. The molecule has 0 radical (unpaired) electrons. The number of rotatable bonds is 5. The Hall–Kier alpha value is -1.82. The van der Waals surface area contributed by atoms with Gasteiger partial charge in [-0.15, -0.1) is 0 Å². The largest absolute Gasteiger partial charge is 0.488 e. The summed E-state index contributed by atoms with van der Waals surface area (Å²) < 4.78 is 6.88. The molecular weight excluding hydrogens is 379 g/mol. The summed E-state index contributed by atoms with van der Waals surface area (Å²) in [7, 11) is 0. The van der Waals surface area contributed by atoms with E-state index in [0.29, 0.717) is 12.4 Å². The first-order chi connectivity index (χ1) is 10.1. The molecule has 0 atom stereocenters. The molecule has 2 rings (SSSR count). The van der Waals surface area contributed by atoms with E-state index in [9.17, 15) is 4.79 Å². The fraction of sp³-hybridized carbons (Fsp3) is 0.118. The lowest BCUT2D eigenvalue weighted by Crippen LogP contribution is -1.99. The van der Waals surface area contributed by atoms with E-state index < -0.39 is 5.97 Å². The Morgan fingerprint density at radius 2 is 1.95 bits per heavy atom. The second kappa shape index (κ2) is 7.26. The number of benzene rings is 2. The van der Waals surface area contributed by atoms with Gasteiger partial charge in [-0.25, -0.2) is 4.79 Å². The molecule has 0 aliphatic rings. The molecule has 0 spiro atoms. The third-order valence-electron chi connectivity index (χ3n) is 2.92. The minimum atomic E-state index is -0.928. The van der Waals surface area contributed by atoms with Crippen LogP contribution in [0.2, 0.25) is 0 Å². The van der Waals surface area contributed by atoms with Gasteiger partial charge in [0.05, 0.1) is 0 Å². The Morgan fingerprint density at radius 3 is 2.62 bits per heavy atom. The van der Waals surface area contributed by atoms with Crippen molar-refractivity contribution in [3.8, 4) is 5.75 Å². The van der Waals surface area contributed by atoms with Crippen LogP contribution in [0.1, 0.15) is 18.1 Å². The van der Waals surface area contributed by atoms with Gasteiger partial charge in [0.2, 0.25) is 0 Å². The van der Waals surface area contributed by atoms with Gasteiger partial charge in [-0.3, -0.25) is 0 Å². The molecule has 21 heavy (non-hydrogen) atoms. The highest BCUT2D eigenvalue weighted by Crippen LogP contribution is 2.25. The fourth-order valence-corrected chi connectivity index (χ4v) is 2.25. The summed E-state index contributed by atoms with van der Waals surface area (Å²) in [5.41, 5.74) is 2.12. The Balaban J connectivity index is 2.23. The monoisotopic (exact) mass is 394 g/mol. The van der Waals surface area contributed by atoms with E-state index in [0.717, 1.165) is 14.7 Å². The van der Waals surface area contributed by atoms with Crippen LogP contribution in [0, 0.1) is 3.57 Å². The van der Waals surface area contributed by atoms with Gasteiger partial charge in [0.25, 0.3) is 0 Å². The second-order valence-electron chi connectivity index (χ2n) is 4.59. The molecule has 0 saturated carbocycles. The van der Waals surface area contributed by atoms with Crippen LogP contribution in [0.5, 0.6) is 5.75 Å². The van der Waals surface area contributed by atoms with Gasteiger partial charge in [-0.05, 0) is 53.3 Å². The Kier molecular flexibility index (Phi) is 5.38. The molecule has 0 unspecified atom stereocenters. The first-order valence-electron chi connectivity index (χ1n) is 6.44. The van der Waals surface area contributed by atoms with Crippen LogP contribution in [0.4, 0.5) is 0 Å². The van der Waals surface area contributed by atoms with E-state index in [1.165, 1.54) is 0 Å². The average molecular weight is 394 g/mol. The molecule has 2 aromatic carbocycles. The van der Waals surface area contributed by atoms with Crippen molar-refractivity contribution in [2.75, 3.05) is 0 Å². The maximum absolute atomic E-state index is 11.0. The van der Waals surface area contributed by atoms with Gasteiger partial charge in [0.1, 0.15) is 12.4 Å². The molecule has 2 aromatic rings. The van der Waals surface area contributed by atoms with E-state index in [2.05, 4.69) is 22.6 Å². The number of aliphatic carboxylic acids is 1. The average Bonchev–Trinajstić information content (AvgIpc) is 2.48. The Morgan fingerprint density at radius 1 is 1.24 bits per heavy atom. The normalized spacial score (nSPS) is 11.2. The smallest absolute Gasteiger partial charge is 0.331 e. The van der Waals surface area contributed by atoms with Crippen LogP contribution in [-0.2, 0) is 11.4 Å². The van der Waals surface area contributed by atoms with Crippen molar-refractivity contribution in [2.24, 2.45) is 0 Å². The summed E-state index contributed by atoms with van der Waals surface area (Å²) in [6.45, 7) is 2.02. The highest BCUT2D eigenvalue weighted by molar-refractivity contribution is 14.1. The van der Waals surface area contributed by atoms with Crippen molar-refractivity contribution < 1.29 is 14.6 Å². The third-order valence-corrected chi connectivity index (χ3v) is 3.59. The first-order valence-corrected chi connectivity index (χ1v) is 7.52. The fourth-order valence-electron chi connectivity index (χ4n) is 1.78. The van der Waals surface area contributed by atoms with Crippen LogP contribution >= 0.6 is 22.6 Å². The molecule has 0 fully saturated rings. The zero-order valence-corrected chi connectivity index (χ0v) is 13.7. The van der Waals surface area contributed by atoms with Crippen molar-refractivity contribution in [1.29, 1.82) is 0 Å². The van der Waals surface area contributed by atoms with Crippen LogP contribution in [0.3, 0.4) is 0 Å². The minimum absolute atomic E-state index is 0.278. The van der Waals surface area contributed by atoms with Crippen molar-refractivity contribution in [1.82, 2.24) is 0 Å². The molecule has 0 aliphatic heterocycles. The van der Waals surface area contributed by atoms with E-state index in [1.807, 2.05) is 48.5 Å². The highest BCUT2D eigenvalue weighted by atomic mass is 127.